The van der Waals surface area contributed by atoms with E-state index in [1.807, 2.05) is 0 Å². The molecule has 0 aromatic heterocycles. The van der Waals surface area contributed by atoms with Crippen LogP contribution in [0.25, 0.3) is 0 Å². The van der Waals surface area contributed by atoms with Gasteiger partial charge in [-0.15, -0.1) is 0 Å². The zero-order chi connectivity index (χ0) is 12.9. The van der Waals surface area contributed by atoms with Crippen LogP contribution in [0.2, 0.25) is 0 Å². The van der Waals surface area contributed by atoms with Crippen LogP contribution in [0.15, 0.2) is 30.3 Å². The molecule has 0 saturated carbocycles. The zero-order valence-corrected chi connectivity index (χ0v) is 10.6. The lowest BCUT2D eigenvalue weighted by molar-refractivity contribution is 0.0777. The third-order valence-electron chi connectivity index (χ3n) is 2.43. The van der Waals surface area contributed by atoms with Crippen molar-refractivity contribution in [3.05, 3.63) is 35.9 Å². The quantitative estimate of drug-likeness (QED) is 0.665. The molecule has 0 heterocycles. The van der Waals surface area contributed by atoms with Gasteiger partial charge in [-0.3, -0.25) is 4.57 Å². The summed E-state index contributed by atoms with van der Waals surface area (Å²) in [6.45, 7) is 0.228. The number of halogens is 1. The minimum Gasteiger partial charge on any atom is -0.372 e. The minimum absolute atomic E-state index is 0.190. The molecule has 0 unspecified atom stereocenters. The van der Waals surface area contributed by atoms with Crippen LogP contribution in [0.5, 0.6) is 0 Å². The van der Waals surface area contributed by atoms with Gasteiger partial charge in [0.2, 0.25) is 5.34 Å². The fourth-order valence-corrected chi connectivity index (χ4v) is 2.99. The highest BCUT2D eigenvalue weighted by molar-refractivity contribution is 7.65. The highest BCUT2D eigenvalue weighted by Gasteiger charge is 2.48. The van der Waals surface area contributed by atoms with Gasteiger partial charge in [0.1, 0.15) is 6.67 Å². The second kappa shape index (κ2) is 5.46. The molecule has 2 atom stereocenters. The summed E-state index contributed by atoms with van der Waals surface area (Å²) in [7, 11) is -2.68. The fraction of sp³-hybridized carbons (Fsp3) is 0.333. The monoisotopic (exact) mass is 256 g/mol. The predicted molar refractivity (Wildman–Crippen MR) is 64.4 cm³/mol. The Labute approximate surface area is 100 Å². The van der Waals surface area contributed by atoms with Gasteiger partial charge in [-0.05, 0) is 18.1 Å². The van der Waals surface area contributed by atoms with Gasteiger partial charge in [0.25, 0.3) is 0 Å². The maximum atomic E-state index is 13.2. The molecule has 0 aliphatic carbocycles. The second-order valence-corrected chi connectivity index (χ2v) is 5.84. The maximum absolute atomic E-state index is 13.2. The van der Waals surface area contributed by atoms with E-state index in [-0.39, 0.29) is 5.56 Å². The van der Waals surface area contributed by atoms with Crippen molar-refractivity contribution in [1.29, 1.82) is 0 Å². The molecule has 1 N–H and O–H groups in total. The Morgan fingerprint density at radius 1 is 1.47 bits per heavy atom. The summed E-state index contributed by atoms with van der Waals surface area (Å²) in [4.78, 5) is 0. The van der Waals surface area contributed by atoms with Crippen molar-refractivity contribution >= 4 is 7.37 Å². The summed E-state index contributed by atoms with van der Waals surface area (Å²) in [6.07, 6.45) is 0. The van der Waals surface area contributed by atoms with Gasteiger partial charge in [0.15, 0.2) is 0 Å². The van der Waals surface area contributed by atoms with E-state index in [0.29, 0.717) is 0 Å². The van der Waals surface area contributed by atoms with Crippen molar-refractivity contribution < 1.29 is 18.6 Å². The summed E-state index contributed by atoms with van der Waals surface area (Å²) < 4.78 is 30.3. The molecule has 0 bridgehead atoms. The Hall–Kier alpha value is -1.14. The van der Waals surface area contributed by atoms with Gasteiger partial charge in [-0.2, -0.15) is 0 Å². The van der Waals surface area contributed by atoms with Crippen molar-refractivity contribution in [2.75, 3.05) is 13.8 Å². The van der Waals surface area contributed by atoms with Gasteiger partial charge < -0.3 is 9.63 Å². The molecule has 0 fully saturated rings. The Bertz CT molecular complexity index is 478. The van der Waals surface area contributed by atoms with Crippen LogP contribution in [0.1, 0.15) is 12.5 Å². The van der Waals surface area contributed by atoms with Gasteiger partial charge >= 0.3 is 7.37 Å². The molecular formula is C12H14FO3P. The maximum Gasteiger partial charge on any atom is 0.311 e. The number of hydrogen-bond acceptors (Lipinski definition) is 3. The third-order valence-corrected chi connectivity index (χ3v) is 4.81. The normalized spacial score (nSPS) is 17.4. The van der Waals surface area contributed by atoms with Gasteiger partial charge in [-0.25, -0.2) is 4.39 Å². The number of hydrogen-bond donors (Lipinski definition) is 1. The molecule has 0 aliphatic heterocycles. The number of aliphatic hydroxyl groups is 1. The molecule has 0 spiro atoms. The fourth-order valence-electron chi connectivity index (χ4n) is 1.47. The smallest absolute Gasteiger partial charge is 0.311 e. The summed E-state index contributed by atoms with van der Waals surface area (Å²) >= 11 is 0. The van der Waals surface area contributed by atoms with Gasteiger partial charge in [0.05, 0.1) is 0 Å². The van der Waals surface area contributed by atoms with Crippen molar-refractivity contribution in [3.8, 4) is 11.6 Å². The zero-order valence-electron chi connectivity index (χ0n) is 9.68. The molecule has 17 heavy (non-hydrogen) atoms. The van der Waals surface area contributed by atoms with Crippen LogP contribution in [0.3, 0.4) is 0 Å². The van der Waals surface area contributed by atoms with Crippen LogP contribution < -0.4 is 0 Å². The lowest BCUT2D eigenvalue weighted by Gasteiger charge is -2.29. The first-order valence-corrected chi connectivity index (χ1v) is 6.60. The Morgan fingerprint density at radius 2 is 2.06 bits per heavy atom. The molecule has 1 rings (SSSR count). The largest absolute Gasteiger partial charge is 0.372 e. The predicted octanol–water partition coefficient (Wildman–Crippen LogP) is 2.71. The molecule has 1 aromatic carbocycles. The van der Waals surface area contributed by atoms with E-state index in [0.717, 1.165) is 7.11 Å². The Morgan fingerprint density at radius 3 is 2.47 bits per heavy atom. The summed E-state index contributed by atoms with van der Waals surface area (Å²) in [5.41, 5.74) is 2.48. The molecule has 0 saturated heterocycles. The second-order valence-electron chi connectivity index (χ2n) is 3.41. The van der Waals surface area contributed by atoms with Crippen LogP contribution in [-0.2, 0) is 14.4 Å². The van der Waals surface area contributed by atoms with Crippen LogP contribution in [0.4, 0.5) is 4.39 Å². The van der Waals surface area contributed by atoms with E-state index in [2.05, 4.69) is 11.6 Å². The molecule has 0 radical (unpaired) electrons. The summed E-state index contributed by atoms with van der Waals surface area (Å²) in [5, 5.41) is 8.06. The third kappa shape index (κ3) is 2.42. The standard InChI is InChI=1S/C12H14FO3P/c1-3-9-17(15,16-2)12(14,10-13)11-7-5-4-6-8-11/h4-8,14H,10H2,1-2H3/t12-,17+/m0/s1. The van der Waals surface area contributed by atoms with E-state index < -0.39 is 19.4 Å². The van der Waals surface area contributed by atoms with E-state index >= 15 is 0 Å². The van der Waals surface area contributed by atoms with Crippen LogP contribution in [-0.4, -0.2) is 18.9 Å². The van der Waals surface area contributed by atoms with Crippen molar-refractivity contribution in [1.82, 2.24) is 0 Å². The van der Waals surface area contributed by atoms with Gasteiger partial charge in [-0.1, -0.05) is 36.3 Å². The topological polar surface area (TPSA) is 46.5 Å². The SMILES string of the molecule is CC#C[P@@](=O)(OC)[C@@](O)(CF)c1ccccc1. The molecule has 0 amide bonds. The van der Waals surface area contributed by atoms with Crippen molar-refractivity contribution in [2.24, 2.45) is 0 Å². The highest BCUT2D eigenvalue weighted by atomic mass is 31.2. The first-order valence-electron chi connectivity index (χ1n) is 4.98. The lowest BCUT2D eigenvalue weighted by Crippen LogP contribution is -2.28. The van der Waals surface area contributed by atoms with Crippen molar-refractivity contribution in [3.63, 3.8) is 0 Å². The van der Waals surface area contributed by atoms with Crippen molar-refractivity contribution in [2.45, 2.75) is 12.3 Å². The average Bonchev–Trinajstić information content (AvgIpc) is 2.38. The Kier molecular flexibility index (Phi) is 4.47. The van der Waals surface area contributed by atoms with Crippen LogP contribution in [0, 0.1) is 11.6 Å². The van der Waals surface area contributed by atoms with Gasteiger partial charge in [0, 0.05) is 7.11 Å². The first-order chi connectivity index (χ1) is 8.04. The lowest BCUT2D eigenvalue weighted by atomic mass is 10.1. The first kappa shape index (κ1) is 13.9. The average molecular weight is 256 g/mol. The molecule has 1 aromatic rings. The van der Waals surface area contributed by atoms with Crippen LogP contribution >= 0.6 is 7.37 Å². The number of benzene rings is 1. The minimum atomic E-state index is -3.82. The molecular weight excluding hydrogens is 242 g/mol. The van der Waals surface area contributed by atoms with E-state index in [1.165, 1.54) is 19.1 Å². The van der Waals surface area contributed by atoms with E-state index in [4.69, 9.17) is 4.52 Å². The Balaban J connectivity index is 3.38. The molecule has 0 aliphatic rings. The molecule has 3 nitrogen and oxygen atoms in total. The molecule has 5 heteroatoms. The molecule has 92 valence electrons. The number of rotatable bonds is 4. The highest BCUT2D eigenvalue weighted by Crippen LogP contribution is 2.61. The summed E-state index contributed by atoms with van der Waals surface area (Å²) in [6, 6.07) is 7.93. The number of alkyl halides is 1. The summed E-state index contributed by atoms with van der Waals surface area (Å²) in [5.74, 6) is 2.40. The van der Waals surface area contributed by atoms with E-state index in [9.17, 15) is 14.1 Å². The van der Waals surface area contributed by atoms with E-state index in [1.54, 1.807) is 18.2 Å².